The lowest BCUT2D eigenvalue weighted by molar-refractivity contribution is 0.198. The Balaban J connectivity index is 1.46. The molecule has 6 heteroatoms. The molecule has 0 aliphatic carbocycles. The molecule has 3 aromatic rings. The lowest BCUT2D eigenvalue weighted by Gasteiger charge is -2.32. The minimum absolute atomic E-state index is 0.200. The third-order valence-corrected chi connectivity index (χ3v) is 5.22. The molecule has 2 N–H and O–H groups in total. The van der Waals surface area contributed by atoms with E-state index in [0.717, 1.165) is 48.8 Å². The number of aryl methyl sites for hydroxylation is 1. The number of rotatable bonds is 5. The van der Waals surface area contributed by atoms with Gasteiger partial charge in [-0.05, 0) is 57.9 Å². The zero-order chi connectivity index (χ0) is 19.7. The molecule has 1 saturated heterocycles. The van der Waals surface area contributed by atoms with Crippen molar-refractivity contribution in [2.45, 2.75) is 52.2 Å². The molecular weight excluding hydrogens is 350 g/mol. The van der Waals surface area contributed by atoms with Gasteiger partial charge in [0, 0.05) is 31.1 Å². The predicted molar refractivity (Wildman–Crippen MR) is 112 cm³/mol. The zero-order valence-corrected chi connectivity index (χ0v) is 16.9. The lowest BCUT2D eigenvalue weighted by Crippen LogP contribution is -2.34. The van der Waals surface area contributed by atoms with Crippen molar-refractivity contribution in [3.8, 4) is 5.75 Å². The summed E-state index contributed by atoms with van der Waals surface area (Å²) in [7, 11) is 0. The van der Waals surface area contributed by atoms with Gasteiger partial charge in [-0.2, -0.15) is 9.61 Å². The number of nitrogens with two attached hydrogens (primary N) is 1. The molecule has 0 saturated carbocycles. The van der Waals surface area contributed by atoms with Gasteiger partial charge in [0.1, 0.15) is 11.6 Å². The Kier molecular flexibility index (Phi) is 5.22. The summed E-state index contributed by atoms with van der Waals surface area (Å²) in [4.78, 5) is 7.35. The first-order valence-corrected chi connectivity index (χ1v) is 10.1. The second-order valence-corrected chi connectivity index (χ2v) is 8.05. The molecular formula is C22H29N5O. The number of aromatic nitrogens is 3. The van der Waals surface area contributed by atoms with Crippen LogP contribution in [0.3, 0.4) is 0 Å². The number of hydrogen-bond acceptors (Lipinski definition) is 5. The SMILES string of the molecule is Cc1cc2nc(C3CCCN(Cc4ccc(OC(C)C)cc4)C3)cc(N)n2n1. The van der Waals surface area contributed by atoms with E-state index in [0.29, 0.717) is 11.7 Å². The number of benzene rings is 1. The van der Waals surface area contributed by atoms with E-state index in [4.69, 9.17) is 15.5 Å². The Bertz CT molecular complexity index is 947. The average molecular weight is 380 g/mol. The van der Waals surface area contributed by atoms with Crippen LogP contribution >= 0.6 is 0 Å². The first kappa shape index (κ1) is 18.7. The van der Waals surface area contributed by atoms with Crippen molar-refractivity contribution in [2.24, 2.45) is 0 Å². The van der Waals surface area contributed by atoms with Gasteiger partial charge in [0.2, 0.25) is 0 Å². The maximum absolute atomic E-state index is 6.22. The van der Waals surface area contributed by atoms with Crippen molar-refractivity contribution >= 4 is 11.5 Å². The number of ether oxygens (including phenoxy) is 1. The van der Waals surface area contributed by atoms with Crippen molar-refractivity contribution < 1.29 is 4.74 Å². The number of likely N-dealkylation sites (tertiary alicyclic amines) is 1. The molecule has 0 bridgehead atoms. The standard InChI is InChI=1S/C22H29N5O/c1-15(2)28-19-8-6-17(7-9-19)13-26-10-4-5-18(14-26)20-12-21(23)27-22(24-20)11-16(3)25-27/h6-9,11-12,15,18H,4-5,10,13-14,23H2,1-3H3. The smallest absolute Gasteiger partial charge is 0.157 e. The maximum Gasteiger partial charge on any atom is 0.157 e. The van der Waals surface area contributed by atoms with Gasteiger partial charge in [0.25, 0.3) is 0 Å². The Hall–Kier alpha value is -2.60. The van der Waals surface area contributed by atoms with E-state index in [2.05, 4.69) is 34.3 Å². The molecule has 6 nitrogen and oxygen atoms in total. The molecule has 2 aromatic heterocycles. The van der Waals surface area contributed by atoms with Crippen LogP contribution in [0.2, 0.25) is 0 Å². The predicted octanol–water partition coefficient (Wildman–Crippen LogP) is 3.79. The van der Waals surface area contributed by atoms with Crippen LogP contribution in [-0.4, -0.2) is 38.7 Å². The highest BCUT2D eigenvalue weighted by Crippen LogP contribution is 2.28. The van der Waals surface area contributed by atoms with Crippen LogP contribution in [0.5, 0.6) is 5.75 Å². The number of anilines is 1. The number of hydrogen-bond donors (Lipinski definition) is 1. The van der Waals surface area contributed by atoms with Crippen molar-refractivity contribution in [3.05, 3.63) is 53.3 Å². The highest BCUT2D eigenvalue weighted by atomic mass is 16.5. The largest absolute Gasteiger partial charge is 0.491 e. The maximum atomic E-state index is 6.22. The third-order valence-electron chi connectivity index (χ3n) is 5.22. The first-order chi connectivity index (χ1) is 13.5. The number of nitrogens with zero attached hydrogens (tertiary/aromatic N) is 4. The van der Waals surface area contributed by atoms with E-state index < -0.39 is 0 Å². The normalized spacial score (nSPS) is 18.1. The summed E-state index contributed by atoms with van der Waals surface area (Å²) >= 11 is 0. The fraction of sp³-hybridized carbons (Fsp3) is 0.455. The lowest BCUT2D eigenvalue weighted by atomic mass is 9.94. The van der Waals surface area contributed by atoms with Crippen molar-refractivity contribution in [2.75, 3.05) is 18.8 Å². The van der Waals surface area contributed by atoms with Crippen molar-refractivity contribution in [3.63, 3.8) is 0 Å². The van der Waals surface area contributed by atoms with Gasteiger partial charge < -0.3 is 10.5 Å². The first-order valence-electron chi connectivity index (χ1n) is 10.1. The van der Waals surface area contributed by atoms with Crippen LogP contribution in [0.25, 0.3) is 5.65 Å². The Morgan fingerprint density at radius 3 is 2.75 bits per heavy atom. The second kappa shape index (κ2) is 7.80. The summed E-state index contributed by atoms with van der Waals surface area (Å²) in [5.74, 6) is 1.99. The minimum atomic E-state index is 0.200. The average Bonchev–Trinajstić information content (AvgIpc) is 3.04. The summed E-state index contributed by atoms with van der Waals surface area (Å²) in [6, 6.07) is 12.4. The molecule has 4 rings (SSSR count). The molecule has 1 unspecified atom stereocenters. The van der Waals surface area contributed by atoms with Crippen LogP contribution < -0.4 is 10.5 Å². The summed E-state index contributed by atoms with van der Waals surface area (Å²) in [6.45, 7) is 9.12. The summed E-state index contributed by atoms with van der Waals surface area (Å²) in [5, 5.41) is 4.40. The molecule has 0 spiro atoms. The Labute approximate surface area is 166 Å². The number of fused-ring (bicyclic) bond motifs is 1. The monoisotopic (exact) mass is 379 g/mol. The van der Waals surface area contributed by atoms with E-state index in [1.807, 2.05) is 32.9 Å². The van der Waals surface area contributed by atoms with Gasteiger partial charge in [0.15, 0.2) is 5.65 Å². The molecule has 1 atom stereocenters. The summed E-state index contributed by atoms with van der Waals surface area (Å²) < 4.78 is 7.46. The number of piperidine rings is 1. The summed E-state index contributed by atoms with van der Waals surface area (Å²) in [6.07, 6.45) is 2.52. The van der Waals surface area contributed by atoms with Crippen LogP contribution in [0.1, 0.15) is 49.6 Å². The quantitative estimate of drug-likeness (QED) is 0.730. The van der Waals surface area contributed by atoms with E-state index in [9.17, 15) is 0 Å². The Morgan fingerprint density at radius 1 is 1.21 bits per heavy atom. The molecule has 1 aliphatic heterocycles. The van der Waals surface area contributed by atoms with Crippen LogP contribution in [0, 0.1) is 6.92 Å². The van der Waals surface area contributed by atoms with E-state index in [1.54, 1.807) is 4.52 Å². The van der Waals surface area contributed by atoms with E-state index in [1.165, 1.54) is 12.0 Å². The van der Waals surface area contributed by atoms with E-state index >= 15 is 0 Å². The molecule has 1 aliphatic rings. The molecule has 1 aromatic carbocycles. The third kappa shape index (κ3) is 4.12. The molecule has 148 valence electrons. The topological polar surface area (TPSA) is 68.7 Å². The second-order valence-electron chi connectivity index (χ2n) is 8.05. The zero-order valence-electron chi connectivity index (χ0n) is 16.9. The van der Waals surface area contributed by atoms with Gasteiger partial charge in [-0.1, -0.05) is 12.1 Å². The van der Waals surface area contributed by atoms with Crippen molar-refractivity contribution in [1.29, 1.82) is 0 Å². The van der Waals surface area contributed by atoms with Crippen molar-refractivity contribution in [1.82, 2.24) is 19.5 Å². The molecule has 0 amide bonds. The summed E-state index contributed by atoms with van der Waals surface area (Å²) in [5.41, 5.74) is 10.4. The van der Waals surface area contributed by atoms with Gasteiger partial charge in [0.05, 0.1) is 17.5 Å². The van der Waals surface area contributed by atoms with Crippen LogP contribution in [-0.2, 0) is 6.54 Å². The van der Waals surface area contributed by atoms with Crippen LogP contribution in [0.15, 0.2) is 36.4 Å². The minimum Gasteiger partial charge on any atom is -0.491 e. The highest BCUT2D eigenvalue weighted by Gasteiger charge is 2.23. The molecule has 28 heavy (non-hydrogen) atoms. The van der Waals surface area contributed by atoms with Gasteiger partial charge in [-0.25, -0.2) is 4.98 Å². The Morgan fingerprint density at radius 2 is 2.00 bits per heavy atom. The van der Waals surface area contributed by atoms with E-state index in [-0.39, 0.29) is 6.10 Å². The number of nitrogen functional groups attached to an aromatic ring is 1. The van der Waals surface area contributed by atoms with Gasteiger partial charge in [-0.15, -0.1) is 0 Å². The fourth-order valence-electron chi connectivity index (χ4n) is 3.99. The van der Waals surface area contributed by atoms with Gasteiger partial charge >= 0.3 is 0 Å². The van der Waals surface area contributed by atoms with Crippen LogP contribution in [0.4, 0.5) is 5.82 Å². The molecule has 3 heterocycles. The molecule has 0 radical (unpaired) electrons. The molecule has 1 fully saturated rings. The fourth-order valence-corrected chi connectivity index (χ4v) is 3.99. The van der Waals surface area contributed by atoms with Gasteiger partial charge in [-0.3, -0.25) is 4.90 Å². The highest BCUT2D eigenvalue weighted by molar-refractivity contribution is 5.48.